The number of aromatic nitrogens is 3. The zero-order valence-corrected chi connectivity index (χ0v) is 17.0. The zero-order chi connectivity index (χ0) is 20.8. The summed E-state index contributed by atoms with van der Waals surface area (Å²) in [5.74, 6) is 0.243. The molecule has 0 bridgehead atoms. The molecule has 2 amide bonds. The second-order valence-corrected chi connectivity index (χ2v) is 7.91. The molecule has 7 heteroatoms. The van der Waals surface area contributed by atoms with Gasteiger partial charge in [-0.3, -0.25) is 14.9 Å². The van der Waals surface area contributed by atoms with E-state index in [9.17, 15) is 9.59 Å². The molecule has 5 rings (SSSR count). The van der Waals surface area contributed by atoms with E-state index in [4.69, 9.17) is 0 Å². The van der Waals surface area contributed by atoms with E-state index in [1.165, 1.54) is 0 Å². The SMILES string of the molecule is CC(C)n1c(NC(=O)c2ccc3cc4n(c3c2)CCCNC4=O)nc2ccccc21. The predicted octanol–water partition coefficient (Wildman–Crippen LogP) is 3.96. The number of aryl methyl sites for hydroxylation is 1. The Balaban J connectivity index is 1.53. The van der Waals surface area contributed by atoms with E-state index in [-0.39, 0.29) is 17.9 Å². The van der Waals surface area contributed by atoms with E-state index < -0.39 is 0 Å². The third-order valence-corrected chi connectivity index (χ3v) is 5.58. The maximum atomic E-state index is 13.1. The lowest BCUT2D eigenvalue weighted by Crippen LogP contribution is -2.22. The number of hydrogen-bond donors (Lipinski definition) is 2. The van der Waals surface area contributed by atoms with Crippen LogP contribution in [0.4, 0.5) is 5.95 Å². The van der Waals surface area contributed by atoms with Crippen LogP contribution in [0.5, 0.6) is 0 Å². The van der Waals surface area contributed by atoms with Crippen LogP contribution >= 0.6 is 0 Å². The van der Waals surface area contributed by atoms with Crippen LogP contribution in [0.15, 0.2) is 48.5 Å². The first-order valence-corrected chi connectivity index (χ1v) is 10.2. The molecule has 0 saturated carbocycles. The maximum Gasteiger partial charge on any atom is 0.267 e. The highest BCUT2D eigenvalue weighted by Crippen LogP contribution is 2.26. The molecule has 0 aliphatic carbocycles. The van der Waals surface area contributed by atoms with Gasteiger partial charge in [-0.15, -0.1) is 0 Å². The van der Waals surface area contributed by atoms with Gasteiger partial charge in [0.15, 0.2) is 0 Å². The molecular weight excluding hydrogens is 378 g/mol. The minimum absolute atomic E-state index is 0.0691. The summed E-state index contributed by atoms with van der Waals surface area (Å²) < 4.78 is 4.03. The van der Waals surface area contributed by atoms with Gasteiger partial charge in [0.05, 0.1) is 11.0 Å². The van der Waals surface area contributed by atoms with Gasteiger partial charge in [0.2, 0.25) is 5.95 Å². The van der Waals surface area contributed by atoms with E-state index in [0.29, 0.717) is 23.8 Å². The summed E-state index contributed by atoms with van der Waals surface area (Å²) in [7, 11) is 0. The van der Waals surface area contributed by atoms with Crippen LogP contribution in [0.1, 0.15) is 47.2 Å². The number of carbonyl (C=O) groups is 2. The minimum atomic E-state index is -0.220. The molecule has 0 radical (unpaired) electrons. The standard InChI is InChI=1S/C23H23N5O2/c1-14(2)28-18-7-4-3-6-17(18)25-23(28)26-21(29)16-9-8-15-12-20-22(30)24-10-5-11-27(20)19(15)13-16/h3-4,6-9,12-14H,5,10-11H2,1-2H3,(H,24,30)(H,25,26,29). The number of nitrogens with zero attached hydrogens (tertiary/aromatic N) is 3. The number of hydrogen-bond acceptors (Lipinski definition) is 3. The lowest BCUT2D eigenvalue weighted by molar-refractivity contribution is 0.0950. The van der Waals surface area contributed by atoms with Gasteiger partial charge < -0.3 is 14.5 Å². The Morgan fingerprint density at radius 3 is 2.80 bits per heavy atom. The first-order chi connectivity index (χ1) is 14.5. The lowest BCUT2D eigenvalue weighted by atomic mass is 10.1. The second kappa shape index (κ2) is 7.02. The van der Waals surface area contributed by atoms with Crippen LogP contribution in [0.3, 0.4) is 0 Å². The lowest BCUT2D eigenvalue weighted by Gasteiger charge is -2.13. The molecule has 4 aromatic rings. The summed E-state index contributed by atoms with van der Waals surface area (Å²) in [6.45, 7) is 5.53. The first-order valence-electron chi connectivity index (χ1n) is 10.2. The molecule has 2 aromatic carbocycles. The van der Waals surface area contributed by atoms with Crippen molar-refractivity contribution < 1.29 is 9.59 Å². The number of benzene rings is 2. The number of nitrogens with one attached hydrogen (secondary N) is 2. The highest BCUT2D eigenvalue weighted by molar-refractivity contribution is 6.07. The number of carbonyl (C=O) groups excluding carboxylic acids is 2. The van der Waals surface area contributed by atoms with Gasteiger partial charge in [0, 0.05) is 35.6 Å². The van der Waals surface area contributed by atoms with Crippen LogP contribution in [0, 0.1) is 0 Å². The summed E-state index contributed by atoms with van der Waals surface area (Å²) in [4.78, 5) is 30.0. The van der Waals surface area contributed by atoms with Crippen molar-refractivity contribution in [2.45, 2.75) is 32.9 Å². The van der Waals surface area contributed by atoms with E-state index in [0.717, 1.165) is 34.9 Å². The fraction of sp³-hybridized carbons (Fsp3) is 0.261. The van der Waals surface area contributed by atoms with E-state index >= 15 is 0 Å². The molecule has 3 heterocycles. The molecule has 0 saturated heterocycles. The molecule has 1 aliphatic heterocycles. The molecule has 30 heavy (non-hydrogen) atoms. The van der Waals surface area contributed by atoms with Crippen LogP contribution in [-0.4, -0.2) is 32.5 Å². The zero-order valence-electron chi connectivity index (χ0n) is 17.0. The van der Waals surface area contributed by atoms with Gasteiger partial charge in [0.25, 0.3) is 11.8 Å². The van der Waals surface area contributed by atoms with Crippen LogP contribution in [0.25, 0.3) is 21.9 Å². The van der Waals surface area contributed by atoms with Crippen LogP contribution < -0.4 is 10.6 Å². The van der Waals surface area contributed by atoms with Crippen molar-refractivity contribution >= 4 is 39.7 Å². The van der Waals surface area contributed by atoms with Gasteiger partial charge in [0.1, 0.15) is 5.69 Å². The topological polar surface area (TPSA) is 81.0 Å². The van der Waals surface area contributed by atoms with Gasteiger partial charge in [-0.1, -0.05) is 18.2 Å². The molecular formula is C23H23N5O2. The number of rotatable bonds is 3. The Morgan fingerprint density at radius 2 is 1.97 bits per heavy atom. The van der Waals surface area contributed by atoms with Gasteiger partial charge >= 0.3 is 0 Å². The van der Waals surface area contributed by atoms with Crippen molar-refractivity contribution in [1.82, 2.24) is 19.4 Å². The van der Waals surface area contributed by atoms with Crippen molar-refractivity contribution in [3.05, 3.63) is 59.8 Å². The van der Waals surface area contributed by atoms with Crippen molar-refractivity contribution in [3.8, 4) is 0 Å². The van der Waals surface area contributed by atoms with E-state index in [2.05, 4.69) is 29.5 Å². The monoisotopic (exact) mass is 401 g/mol. The third kappa shape index (κ3) is 2.94. The van der Waals surface area contributed by atoms with Gasteiger partial charge in [-0.2, -0.15) is 0 Å². The van der Waals surface area contributed by atoms with Crippen molar-refractivity contribution in [2.75, 3.05) is 11.9 Å². The highest BCUT2D eigenvalue weighted by Gasteiger charge is 2.20. The molecule has 0 atom stereocenters. The van der Waals surface area contributed by atoms with E-state index in [1.807, 2.05) is 51.6 Å². The summed E-state index contributed by atoms with van der Waals surface area (Å²) in [5.41, 5.74) is 3.91. The normalized spacial score (nSPS) is 14.0. The maximum absolute atomic E-state index is 13.1. The summed E-state index contributed by atoms with van der Waals surface area (Å²) >= 11 is 0. The Labute approximate surface area is 173 Å². The average Bonchev–Trinajstić information content (AvgIpc) is 3.22. The Morgan fingerprint density at radius 1 is 1.13 bits per heavy atom. The molecule has 0 spiro atoms. The van der Waals surface area contributed by atoms with Crippen molar-refractivity contribution in [2.24, 2.45) is 0 Å². The molecule has 2 N–H and O–H groups in total. The number of para-hydroxylation sites is 2. The van der Waals surface area contributed by atoms with Gasteiger partial charge in [-0.25, -0.2) is 4.98 Å². The van der Waals surface area contributed by atoms with Crippen LogP contribution in [-0.2, 0) is 6.54 Å². The molecule has 152 valence electrons. The Hall–Kier alpha value is -3.61. The fourth-order valence-corrected chi connectivity index (χ4v) is 4.18. The third-order valence-electron chi connectivity index (χ3n) is 5.58. The first kappa shape index (κ1) is 18.4. The van der Waals surface area contributed by atoms with Crippen molar-refractivity contribution in [3.63, 3.8) is 0 Å². The minimum Gasteiger partial charge on any atom is -0.351 e. The quantitative estimate of drug-likeness (QED) is 0.545. The number of amides is 2. The summed E-state index contributed by atoms with van der Waals surface area (Å²) in [6, 6.07) is 15.4. The number of anilines is 1. The van der Waals surface area contributed by atoms with Crippen LogP contribution in [0.2, 0.25) is 0 Å². The molecule has 0 unspecified atom stereocenters. The highest BCUT2D eigenvalue weighted by atomic mass is 16.2. The fourth-order valence-electron chi connectivity index (χ4n) is 4.18. The van der Waals surface area contributed by atoms with E-state index in [1.54, 1.807) is 6.07 Å². The summed E-state index contributed by atoms with van der Waals surface area (Å²) in [5, 5.41) is 6.84. The average molecular weight is 401 g/mol. The number of fused-ring (bicyclic) bond motifs is 4. The van der Waals surface area contributed by atoms with Crippen molar-refractivity contribution in [1.29, 1.82) is 0 Å². The molecule has 0 fully saturated rings. The predicted molar refractivity (Wildman–Crippen MR) is 117 cm³/mol. The second-order valence-electron chi connectivity index (χ2n) is 7.91. The number of imidazole rings is 1. The molecule has 2 aromatic heterocycles. The molecule has 7 nitrogen and oxygen atoms in total. The van der Waals surface area contributed by atoms with Gasteiger partial charge in [-0.05, 0) is 50.6 Å². The summed E-state index contributed by atoms with van der Waals surface area (Å²) in [6.07, 6.45) is 0.858. The molecule has 1 aliphatic rings. The Kier molecular flexibility index (Phi) is 4.31. The largest absolute Gasteiger partial charge is 0.351 e. The Bertz CT molecular complexity index is 1300. The smallest absolute Gasteiger partial charge is 0.267 e.